The van der Waals surface area contributed by atoms with Crippen LogP contribution in [0.5, 0.6) is 0 Å². The Morgan fingerprint density at radius 1 is 0.483 bits per heavy atom. The highest BCUT2D eigenvalue weighted by molar-refractivity contribution is 7.09. The summed E-state index contributed by atoms with van der Waals surface area (Å²) in [5.74, 6) is 3.92. The molecule has 0 aliphatic rings. The topological polar surface area (TPSA) is 67.3 Å². The molecule has 0 atom stereocenters. The molecule has 9 heterocycles. The zero-order valence-corrected chi connectivity index (χ0v) is 40.3. The zero-order valence-electron chi connectivity index (χ0n) is 38.6. The SMILES string of the molecule is Cc1ccc(C)n1C.Cc1ccc(C)o1.Cc1cccn1C.Cc1ccco1.Cc1cccs1.Cc1ccn(C)c1.Cc1ccoc1.Cc1ccsc1.Cc1coc(C)c1. The van der Waals surface area contributed by atoms with Gasteiger partial charge in [0.15, 0.2) is 0 Å². The summed E-state index contributed by atoms with van der Waals surface area (Å²) in [4.78, 5) is 1.38. The monoisotopic (exact) mass is 851 g/mol. The Balaban J connectivity index is 0.000000338. The van der Waals surface area contributed by atoms with E-state index in [4.69, 9.17) is 17.7 Å². The van der Waals surface area contributed by atoms with Crippen LogP contribution in [0, 0.1) is 83.1 Å². The van der Waals surface area contributed by atoms with Gasteiger partial charge in [0.1, 0.15) is 23.0 Å². The van der Waals surface area contributed by atoms with Gasteiger partial charge >= 0.3 is 0 Å². The van der Waals surface area contributed by atoms with Crippen molar-refractivity contribution in [3.05, 3.63) is 212 Å². The number of hydrogen-bond acceptors (Lipinski definition) is 6. The molecule has 0 saturated heterocycles. The predicted molar refractivity (Wildman–Crippen MR) is 257 cm³/mol. The smallest absolute Gasteiger partial charge is 0.101 e. The van der Waals surface area contributed by atoms with Crippen LogP contribution in [0.25, 0.3) is 0 Å². The Morgan fingerprint density at radius 2 is 1.17 bits per heavy atom. The van der Waals surface area contributed by atoms with Crippen LogP contribution >= 0.6 is 22.7 Å². The zero-order chi connectivity index (χ0) is 44.9. The summed E-state index contributed by atoms with van der Waals surface area (Å²) >= 11 is 3.52. The fourth-order valence-corrected chi connectivity index (χ4v) is 5.64. The molecule has 0 aromatic carbocycles. The molecule has 9 heteroatoms. The Kier molecular flexibility index (Phi) is 26.5. The van der Waals surface area contributed by atoms with Gasteiger partial charge in [-0.05, 0) is 200 Å². The van der Waals surface area contributed by atoms with E-state index in [9.17, 15) is 0 Å². The fraction of sp³-hybridized carbons (Fsp3) is 0.294. The van der Waals surface area contributed by atoms with Crippen LogP contribution in [0.2, 0.25) is 0 Å². The van der Waals surface area contributed by atoms with E-state index in [1.54, 1.807) is 47.7 Å². The van der Waals surface area contributed by atoms with Crippen molar-refractivity contribution >= 4 is 22.7 Å². The van der Waals surface area contributed by atoms with Crippen LogP contribution in [0.15, 0.2) is 162 Å². The van der Waals surface area contributed by atoms with Gasteiger partial charge in [-0.2, -0.15) is 11.3 Å². The number of thiophene rings is 2. The number of hydrogen-bond donors (Lipinski definition) is 0. The maximum absolute atomic E-state index is 5.08. The first-order valence-corrected chi connectivity index (χ1v) is 21.6. The van der Waals surface area contributed by atoms with Gasteiger partial charge in [-0.15, -0.1) is 11.3 Å². The largest absolute Gasteiger partial charge is 0.472 e. The summed E-state index contributed by atoms with van der Waals surface area (Å²) in [5, 5.41) is 6.28. The molecule has 0 bridgehead atoms. The van der Waals surface area contributed by atoms with Crippen LogP contribution in [0.3, 0.4) is 0 Å². The maximum atomic E-state index is 5.08. The lowest BCUT2D eigenvalue weighted by molar-refractivity contribution is 0.504. The van der Waals surface area contributed by atoms with Crippen molar-refractivity contribution in [3.63, 3.8) is 0 Å². The molecule has 0 fully saturated rings. The first-order valence-electron chi connectivity index (χ1n) is 19.7. The molecule has 0 N–H and O–H groups in total. The second-order valence-electron chi connectivity index (χ2n) is 14.2. The van der Waals surface area contributed by atoms with E-state index in [0.29, 0.717) is 0 Å². The molecule has 0 amide bonds. The number of aryl methyl sites for hydroxylation is 14. The quantitative estimate of drug-likeness (QED) is 0.152. The highest BCUT2D eigenvalue weighted by atomic mass is 32.1. The maximum Gasteiger partial charge on any atom is 0.101 e. The molecule has 0 aliphatic carbocycles. The second-order valence-corrected chi connectivity index (χ2v) is 16.2. The fourth-order valence-electron chi connectivity index (χ4n) is 4.45. The van der Waals surface area contributed by atoms with E-state index in [1.165, 1.54) is 44.2 Å². The van der Waals surface area contributed by atoms with Crippen molar-refractivity contribution in [3.8, 4) is 0 Å². The van der Waals surface area contributed by atoms with Gasteiger partial charge in [0.2, 0.25) is 0 Å². The van der Waals surface area contributed by atoms with E-state index < -0.39 is 0 Å². The van der Waals surface area contributed by atoms with Crippen LogP contribution in [0.4, 0.5) is 0 Å². The molecular formula is C51H69N3O4S2. The lowest BCUT2D eigenvalue weighted by Crippen LogP contribution is -1.91. The molecule has 9 rings (SSSR count). The van der Waals surface area contributed by atoms with Gasteiger partial charge in [-0.1, -0.05) is 6.07 Å². The van der Waals surface area contributed by atoms with Gasteiger partial charge in [-0.3, -0.25) is 0 Å². The van der Waals surface area contributed by atoms with E-state index in [-0.39, 0.29) is 0 Å². The minimum absolute atomic E-state index is 0.968. The van der Waals surface area contributed by atoms with Crippen molar-refractivity contribution in [2.45, 2.75) is 83.1 Å². The predicted octanol–water partition coefficient (Wildman–Crippen LogP) is 15.4. The Labute approximate surface area is 368 Å². The van der Waals surface area contributed by atoms with Crippen LogP contribution in [0.1, 0.15) is 67.3 Å². The molecule has 0 unspecified atom stereocenters. The van der Waals surface area contributed by atoms with Crippen molar-refractivity contribution in [2.24, 2.45) is 21.1 Å². The van der Waals surface area contributed by atoms with Gasteiger partial charge in [0.25, 0.3) is 0 Å². The molecule has 0 spiro atoms. The van der Waals surface area contributed by atoms with Gasteiger partial charge < -0.3 is 31.4 Å². The minimum atomic E-state index is 0.968. The van der Waals surface area contributed by atoms with Crippen LogP contribution in [-0.4, -0.2) is 13.7 Å². The van der Waals surface area contributed by atoms with Crippen molar-refractivity contribution in [2.75, 3.05) is 0 Å². The highest BCUT2D eigenvalue weighted by Crippen LogP contribution is 2.05. The van der Waals surface area contributed by atoms with E-state index in [0.717, 1.165) is 23.0 Å². The third kappa shape index (κ3) is 26.4. The Bertz CT molecular complexity index is 1970. The highest BCUT2D eigenvalue weighted by Gasteiger charge is 1.91. The lowest BCUT2D eigenvalue weighted by Gasteiger charge is -1.96. The molecule has 0 saturated carbocycles. The van der Waals surface area contributed by atoms with Crippen molar-refractivity contribution in [1.29, 1.82) is 0 Å². The standard InChI is InChI=1S/C7H11N.2C6H9N.2C6H8O.2C5H6O.2C5H6S/c1-6-4-5-7(2)8(6)3;1-6-3-4-7(2)5-6;1-6-4-3-5-7(6)2;1-5-3-6(2)7-4-5;1-5-3-4-6(2)7-5;1-5-2-3-6-4-5;1-5-3-2-4-6-5;1-5-2-3-6-4-5;1-5-3-2-4-6-5/h4-5H,1-3H3;2*3-5H,1-2H3;2*3-4H,1-2H3;4*2-4H,1H3. The molecular weight excluding hydrogens is 783 g/mol. The summed E-state index contributed by atoms with van der Waals surface area (Å²) < 4.78 is 25.9. The molecule has 60 heavy (non-hydrogen) atoms. The number of nitrogens with zero attached hydrogens (tertiary/aromatic N) is 3. The lowest BCUT2D eigenvalue weighted by atomic mass is 10.4. The third-order valence-electron chi connectivity index (χ3n) is 8.20. The first kappa shape index (κ1) is 52.4. The Hall–Kier alpha value is -5.64. The summed E-state index contributed by atoms with van der Waals surface area (Å²) in [6.07, 6.45) is 12.9. The minimum Gasteiger partial charge on any atom is -0.472 e. The molecule has 0 aliphatic heterocycles. The average Bonchev–Trinajstić information content (AvgIpc) is 4.04. The van der Waals surface area contributed by atoms with Crippen LogP contribution < -0.4 is 0 Å². The summed E-state index contributed by atoms with van der Waals surface area (Å²) in [7, 11) is 6.13. The molecule has 9 aromatic heterocycles. The van der Waals surface area contributed by atoms with Crippen molar-refractivity contribution in [1.82, 2.24) is 13.7 Å². The molecule has 0 radical (unpaired) electrons. The average molecular weight is 852 g/mol. The summed E-state index contributed by atoms with van der Waals surface area (Å²) in [5.41, 5.74) is 9.00. The number of furan rings is 4. The summed E-state index contributed by atoms with van der Waals surface area (Å²) in [6.45, 7) is 24.3. The second kappa shape index (κ2) is 30.4. The molecule has 9 aromatic rings. The number of aromatic nitrogens is 3. The first-order chi connectivity index (χ1) is 28.5. The van der Waals surface area contributed by atoms with E-state index >= 15 is 0 Å². The third-order valence-corrected chi connectivity index (χ3v) is 9.80. The van der Waals surface area contributed by atoms with Gasteiger partial charge in [-0.25, -0.2) is 0 Å². The van der Waals surface area contributed by atoms with E-state index in [2.05, 4.69) is 123 Å². The van der Waals surface area contributed by atoms with Crippen LogP contribution in [-0.2, 0) is 21.1 Å². The number of rotatable bonds is 0. The molecule has 324 valence electrons. The van der Waals surface area contributed by atoms with E-state index in [1.807, 2.05) is 115 Å². The van der Waals surface area contributed by atoms with Gasteiger partial charge in [0.05, 0.1) is 25.1 Å². The molecule has 7 nitrogen and oxygen atoms in total. The van der Waals surface area contributed by atoms with Gasteiger partial charge in [0, 0.05) is 61.7 Å². The summed E-state index contributed by atoms with van der Waals surface area (Å²) in [6, 6.07) is 28.3. The van der Waals surface area contributed by atoms with Crippen molar-refractivity contribution < 1.29 is 17.7 Å². The normalized spacial score (nSPS) is 9.25. The Morgan fingerprint density at radius 3 is 1.32 bits per heavy atom.